The van der Waals surface area contributed by atoms with E-state index in [1.807, 2.05) is 24.3 Å². The number of ether oxygens (including phenoxy) is 1. The average molecular weight is 467 g/mol. The average Bonchev–Trinajstić information content (AvgIpc) is 2.61. The summed E-state index contributed by atoms with van der Waals surface area (Å²) < 4.78 is 33.3. The molecule has 0 bridgehead atoms. The lowest BCUT2D eigenvalue weighted by atomic mass is 10.3. The summed E-state index contributed by atoms with van der Waals surface area (Å²) in [4.78, 5) is 0.202. The minimum Gasteiger partial charge on any atom is -0.488 e. The summed E-state index contributed by atoms with van der Waals surface area (Å²) in [7, 11) is -3.69. The maximum Gasteiger partial charge on any atom is 0.264 e. The highest BCUT2D eigenvalue weighted by Gasteiger charge is 2.22. The lowest BCUT2D eigenvalue weighted by Gasteiger charge is -2.21. The quantitative estimate of drug-likeness (QED) is 0.332. The predicted molar refractivity (Wildman–Crippen MR) is 108 cm³/mol. The Labute approximate surface area is 162 Å². The van der Waals surface area contributed by atoms with E-state index in [4.69, 9.17) is 4.74 Å². The van der Waals surface area contributed by atoms with Crippen LogP contribution in [0.15, 0.2) is 90.2 Å². The van der Waals surface area contributed by atoms with Crippen LogP contribution in [0.25, 0.3) is 0 Å². The first-order valence-corrected chi connectivity index (χ1v) is 9.94. The predicted octanol–water partition coefficient (Wildman–Crippen LogP) is 4.22. The Morgan fingerprint density at radius 3 is 2.44 bits per heavy atom. The van der Waals surface area contributed by atoms with Crippen LogP contribution in [0, 0.1) is 3.57 Å². The van der Waals surface area contributed by atoms with E-state index in [-0.39, 0.29) is 18.0 Å². The Hall–Kier alpha value is -2.02. The molecule has 2 aromatic carbocycles. The fourth-order valence-electron chi connectivity index (χ4n) is 2.04. The van der Waals surface area contributed by atoms with Crippen molar-refractivity contribution in [3.63, 3.8) is 0 Å². The van der Waals surface area contributed by atoms with Crippen LogP contribution in [0.3, 0.4) is 0 Å². The summed E-state index contributed by atoms with van der Waals surface area (Å²) in [5.74, 6) is 0.737. The van der Waals surface area contributed by atoms with Gasteiger partial charge in [0.25, 0.3) is 10.0 Å². The topological polar surface area (TPSA) is 46.6 Å². The molecule has 0 atom stereocenters. The zero-order chi connectivity index (χ0) is 18.3. The molecule has 0 spiro atoms. The Bertz CT molecular complexity index is 888. The summed E-state index contributed by atoms with van der Waals surface area (Å²) in [6.45, 7) is 7.70. The van der Waals surface area contributed by atoms with E-state index in [0.29, 0.717) is 5.57 Å². The Morgan fingerprint density at radius 2 is 1.80 bits per heavy atom. The molecule has 0 saturated heterocycles. The molecule has 0 amide bonds. The third-order valence-corrected chi connectivity index (χ3v) is 5.84. The van der Waals surface area contributed by atoms with Crippen molar-refractivity contribution >= 4 is 32.6 Å². The van der Waals surface area contributed by atoms with Gasteiger partial charge in [-0.15, -0.1) is 5.73 Å². The number of nitrogens with zero attached hydrogens (tertiary/aromatic N) is 1. The third kappa shape index (κ3) is 5.22. The van der Waals surface area contributed by atoms with Crippen LogP contribution in [0.2, 0.25) is 0 Å². The second kappa shape index (κ2) is 8.89. The number of benzene rings is 2. The first-order valence-electron chi connectivity index (χ1n) is 7.42. The fraction of sp³-hybridized carbons (Fsp3) is 0.105. The van der Waals surface area contributed by atoms with Crippen molar-refractivity contribution in [3.8, 4) is 5.75 Å². The highest BCUT2D eigenvalue weighted by Crippen LogP contribution is 2.21. The number of halogens is 1. The van der Waals surface area contributed by atoms with Gasteiger partial charge in [0, 0.05) is 0 Å². The van der Waals surface area contributed by atoms with E-state index >= 15 is 0 Å². The minimum absolute atomic E-state index is 0.0865. The molecule has 0 aromatic heterocycles. The largest absolute Gasteiger partial charge is 0.488 e. The minimum atomic E-state index is -3.69. The smallest absolute Gasteiger partial charge is 0.264 e. The second-order valence-corrected chi connectivity index (χ2v) is 8.22. The number of hydrogen-bond acceptors (Lipinski definition) is 3. The van der Waals surface area contributed by atoms with Gasteiger partial charge in [-0.05, 0) is 52.4 Å². The summed E-state index contributed by atoms with van der Waals surface area (Å²) in [6, 6.07) is 15.8. The van der Waals surface area contributed by atoms with Gasteiger partial charge in [0.2, 0.25) is 0 Å². The van der Waals surface area contributed by atoms with Crippen LogP contribution in [0.1, 0.15) is 0 Å². The zero-order valence-corrected chi connectivity index (χ0v) is 16.5. The van der Waals surface area contributed by atoms with Crippen molar-refractivity contribution in [3.05, 3.63) is 88.8 Å². The first-order chi connectivity index (χ1) is 11.9. The van der Waals surface area contributed by atoms with Crippen molar-refractivity contribution in [2.45, 2.75) is 4.90 Å². The van der Waals surface area contributed by atoms with Crippen molar-refractivity contribution in [2.24, 2.45) is 0 Å². The van der Waals surface area contributed by atoms with Crippen molar-refractivity contribution < 1.29 is 13.2 Å². The molecule has 0 saturated carbocycles. The number of para-hydroxylation sites is 1. The molecule has 6 heteroatoms. The van der Waals surface area contributed by atoms with Crippen LogP contribution >= 0.6 is 22.6 Å². The van der Waals surface area contributed by atoms with Gasteiger partial charge in [0.15, 0.2) is 0 Å². The van der Waals surface area contributed by atoms with Gasteiger partial charge in [0.1, 0.15) is 12.4 Å². The molecule has 0 aliphatic carbocycles. The Morgan fingerprint density at radius 1 is 1.16 bits per heavy atom. The van der Waals surface area contributed by atoms with E-state index in [1.54, 1.807) is 30.3 Å². The highest BCUT2D eigenvalue weighted by atomic mass is 127. The number of rotatable bonds is 8. The number of sulfonamides is 1. The third-order valence-electron chi connectivity index (χ3n) is 3.23. The molecule has 130 valence electrons. The van der Waals surface area contributed by atoms with E-state index in [2.05, 4.69) is 41.5 Å². The maximum atomic E-state index is 12.7. The Balaban J connectivity index is 2.10. The molecule has 0 N–H and O–H groups in total. The summed E-state index contributed by atoms with van der Waals surface area (Å²) in [5, 5.41) is 0. The van der Waals surface area contributed by atoms with E-state index in [1.165, 1.54) is 6.20 Å². The second-order valence-electron chi connectivity index (χ2n) is 5.17. The van der Waals surface area contributed by atoms with Crippen LogP contribution in [0.4, 0.5) is 0 Å². The van der Waals surface area contributed by atoms with Gasteiger partial charge >= 0.3 is 0 Å². The molecule has 0 aliphatic heterocycles. The van der Waals surface area contributed by atoms with Crippen LogP contribution in [-0.2, 0) is 10.0 Å². The van der Waals surface area contributed by atoms with E-state index in [0.717, 1.165) is 13.6 Å². The highest BCUT2D eigenvalue weighted by molar-refractivity contribution is 14.1. The normalized spacial score (nSPS) is 10.6. The summed E-state index contributed by atoms with van der Waals surface area (Å²) in [6.07, 6.45) is 1.31. The fourth-order valence-corrected chi connectivity index (χ4v) is 3.92. The molecular weight excluding hydrogens is 449 g/mol. The van der Waals surface area contributed by atoms with Crippen LogP contribution < -0.4 is 4.74 Å². The van der Waals surface area contributed by atoms with Crippen molar-refractivity contribution in [1.82, 2.24) is 4.31 Å². The SMILES string of the molecule is C=C=CN(CC(=C)COc1ccccc1I)S(=O)(=O)c1ccccc1. The summed E-state index contributed by atoms with van der Waals surface area (Å²) in [5.41, 5.74) is 3.14. The molecule has 25 heavy (non-hydrogen) atoms. The van der Waals surface area contributed by atoms with Gasteiger partial charge in [-0.1, -0.05) is 43.5 Å². The Kier molecular flexibility index (Phi) is 6.87. The van der Waals surface area contributed by atoms with Crippen molar-refractivity contribution in [1.29, 1.82) is 0 Å². The summed E-state index contributed by atoms with van der Waals surface area (Å²) >= 11 is 2.18. The maximum absolute atomic E-state index is 12.7. The molecule has 4 nitrogen and oxygen atoms in total. The lowest BCUT2D eigenvalue weighted by molar-refractivity contribution is 0.341. The van der Waals surface area contributed by atoms with Gasteiger partial charge in [-0.2, -0.15) is 0 Å². The van der Waals surface area contributed by atoms with Crippen molar-refractivity contribution in [2.75, 3.05) is 13.2 Å². The zero-order valence-electron chi connectivity index (χ0n) is 13.6. The molecule has 0 radical (unpaired) electrons. The molecule has 2 rings (SSSR count). The standard InChI is InChI=1S/C19H18INO3S/c1-3-13-21(25(22,23)17-9-5-4-6-10-17)14-16(2)15-24-19-12-8-7-11-18(19)20/h4-13H,1-2,14-15H2. The molecule has 2 aromatic rings. The van der Waals surface area contributed by atoms with E-state index in [9.17, 15) is 8.42 Å². The molecule has 0 unspecified atom stereocenters. The van der Waals surface area contributed by atoms with Gasteiger partial charge in [-0.3, -0.25) is 4.31 Å². The van der Waals surface area contributed by atoms with Gasteiger partial charge in [0.05, 0.1) is 21.2 Å². The number of hydrogen-bond donors (Lipinski definition) is 0. The monoisotopic (exact) mass is 467 g/mol. The molecule has 0 fully saturated rings. The molecular formula is C19H18INO3S. The molecule has 0 heterocycles. The molecule has 0 aliphatic rings. The van der Waals surface area contributed by atoms with Crippen LogP contribution in [0.5, 0.6) is 5.75 Å². The lowest BCUT2D eigenvalue weighted by Crippen LogP contribution is -2.29. The first kappa shape index (κ1) is 19.3. The van der Waals surface area contributed by atoms with E-state index < -0.39 is 10.0 Å². The van der Waals surface area contributed by atoms with Gasteiger partial charge < -0.3 is 4.74 Å². The van der Waals surface area contributed by atoms with Crippen LogP contribution in [-0.4, -0.2) is 25.9 Å². The van der Waals surface area contributed by atoms with Gasteiger partial charge in [-0.25, -0.2) is 8.42 Å².